The second kappa shape index (κ2) is 9.27. The first-order valence-corrected chi connectivity index (χ1v) is 11.2. The molecule has 0 bridgehead atoms. The molecule has 0 atom stereocenters. The predicted octanol–water partition coefficient (Wildman–Crippen LogP) is 5.70. The number of hydrogen-bond donors (Lipinski definition) is 1. The summed E-state index contributed by atoms with van der Waals surface area (Å²) in [7, 11) is 0. The zero-order chi connectivity index (χ0) is 22.8. The number of aryl methyl sites for hydroxylation is 1. The summed E-state index contributed by atoms with van der Waals surface area (Å²) < 4.78 is 6.39. The maximum Gasteiger partial charge on any atom is 0.277 e. The summed E-state index contributed by atoms with van der Waals surface area (Å²) in [6.45, 7) is 13.0. The minimum atomic E-state index is -0.310. The summed E-state index contributed by atoms with van der Waals surface area (Å²) in [5, 5.41) is 4.14. The van der Waals surface area contributed by atoms with Crippen LogP contribution in [-0.2, 0) is 4.79 Å². The summed E-state index contributed by atoms with van der Waals surface area (Å²) in [6, 6.07) is 12.1. The summed E-state index contributed by atoms with van der Waals surface area (Å²) in [6.07, 6.45) is 4.01. The second-order valence-corrected chi connectivity index (χ2v) is 9.63. The molecule has 5 nitrogen and oxygen atoms in total. The number of allylic oxidation sites excluding steroid dienone is 1. The number of anilines is 1. The van der Waals surface area contributed by atoms with Crippen LogP contribution in [0.15, 0.2) is 52.0 Å². The van der Waals surface area contributed by atoms with Crippen molar-refractivity contribution in [2.45, 2.75) is 53.1 Å². The Kier molecular flexibility index (Phi) is 6.90. The highest BCUT2D eigenvalue weighted by atomic mass is 79.9. The monoisotopic (exact) mass is 483 g/mol. The van der Waals surface area contributed by atoms with Crippen LogP contribution in [-0.4, -0.2) is 30.3 Å². The number of hydrogen-bond acceptors (Lipinski definition) is 4. The fourth-order valence-corrected chi connectivity index (χ4v) is 4.58. The van der Waals surface area contributed by atoms with E-state index in [1.807, 2.05) is 18.2 Å². The van der Waals surface area contributed by atoms with Crippen LogP contribution in [0, 0.1) is 6.92 Å². The van der Waals surface area contributed by atoms with Crippen molar-refractivity contribution < 1.29 is 9.53 Å². The molecule has 1 N–H and O–H groups in total. The van der Waals surface area contributed by atoms with Crippen LogP contribution in [0.5, 0.6) is 5.75 Å². The SMILES string of the molecule is CC1=CC(C)(C)N(C(C)C)c2cc(C)c(/C=N\NC(=O)COc3cccc(Br)c3)cc21. The number of ether oxygens (including phenoxy) is 1. The largest absolute Gasteiger partial charge is 0.484 e. The molecule has 2 aromatic carbocycles. The topological polar surface area (TPSA) is 53.9 Å². The minimum Gasteiger partial charge on any atom is -0.484 e. The third-order valence-electron chi connectivity index (χ3n) is 5.33. The lowest BCUT2D eigenvalue weighted by atomic mass is 9.86. The van der Waals surface area contributed by atoms with E-state index in [1.54, 1.807) is 12.3 Å². The summed E-state index contributed by atoms with van der Waals surface area (Å²) in [5.74, 6) is 0.314. The van der Waals surface area contributed by atoms with E-state index in [2.05, 4.69) is 91.1 Å². The number of rotatable bonds is 6. The average Bonchev–Trinajstić information content (AvgIpc) is 2.66. The van der Waals surface area contributed by atoms with E-state index in [4.69, 9.17) is 4.74 Å². The van der Waals surface area contributed by atoms with E-state index in [9.17, 15) is 4.79 Å². The maximum atomic E-state index is 12.1. The first kappa shape index (κ1) is 23.1. The van der Waals surface area contributed by atoms with Crippen LogP contribution in [0.3, 0.4) is 0 Å². The Morgan fingerprint density at radius 2 is 2.00 bits per heavy atom. The van der Waals surface area contributed by atoms with Gasteiger partial charge < -0.3 is 9.64 Å². The van der Waals surface area contributed by atoms with Crippen molar-refractivity contribution in [3.8, 4) is 5.75 Å². The number of nitrogens with zero attached hydrogens (tertiary/aromatic N) is 2. The van der Waals surface area contributed by atoms with Crippen LogP contribution in [0.25, 0.3) is 5.57 Å². The number of amides is 1. The quantitative estimate of drug-likeness (QED) is 0.423. The van der Waals surface area contributed by atoms with Gasteiger partial charge in [-0.2, -0.15) is 5.10 Å². The Hall–Kier alpha value is -2.60. The van der Waals surface area contributed by atoms with E-state index in [-0.39, 0.29) is 18.1 Å². The third-order valence-corrected chi connectivity index (χ3v) is 5.83. The van der Waals surface area contributed by atoms with Gasteiger partial charge in [0.1, 0.15) is 5.75 Å². The Morgan fingerprint density at radius 1 is 1.26 bits per heavy atom. The molecule has 0 aliphatic carbocycles. The predicted molar refractivity (Wildman–Crippen MR) is 132 cm³/mol. The molecular weight excluding hydrogens is 454 g/mol. The molecule has 0 fully saturated rings. The molecule has 0 spiro atoms. The van der Waals surface area contributed by atoms with E-state index in [0.29, 0.717) is 11.8 Å². The number of benzene rings is 2. The van der Waals surface area contributed by atoms with E-state index < -0.39 is 0 Å². The number of nitrogens with one attached hydrogen (secondary N) is 1. The molecule has 6 heteroatoms. The van der Waals surface area contributed by atoms with Crippen LogP contribution >= 0.6 is 15.9 Å². The van der Waals surface area contributed by atoms with Gasteiger partial charge in [0.05, 0.1) is 11.8 Å². The van der Waals surface area contributed by atoms with Gasteiger partial charge in [-0.05, 0) is 88.6 Å². The Bertz CT molecular complexity index is 1040. The van der Waals surface area contributed by atoms with Crippen molar-refractivity contribution in [1.82, 2.24) is 5.43 Å². The average molecular weight is 484 g/mol. The molecule has 31 heavy (non-hydrogen) atoms. The zero-order valence-electron chi connectivity index (χ0n) is 19.0. The third kappa shape index (κ3) is 5.37. The Morgan fingerprint density at radius 3 is 2.68 bits per heavy atom. The van der Waals surface area contributed by atoms with Gasteiger partial charge in [-0.15, -0.1) is 0 Å². The lowest BCUT2D eigenvalue weighted by Crippen LogP contribution is -2.49. The van der Waals surface area contributed by atoms with Gasteiger partial charge in [-0.25, -0.2) is 5.43 Å². The van der Waals surface area contributed by atoms with Crippen LogP contribution < -0.4 is 15.1 Å². The van der Waals surface area contributed by atoms with Crippen LogP contribution in [0.2, 0.25) is 0 Å². The van der Waals surface area contributed by atoms with Crippen molar-refractivity contribution in [2.75, 3.05) is 11.5 Å². The fourth-order valence-electron chi connectivity index (χ4n) is 4.21. The summed E-state index contributed by atoms with van der Waals surface area (Å²) in [4.78, 5) is 14.5. The number of hydrazone groups is 1. The van der Waals surface area contributed by atoms with Crippen molar-refractivity contribution in [3.63, 3.8) is 0 Å². The molecular formula is C25H30BrN3O2. The fraction of sp³-hybridized carbons (Fsp3) is 0.360. The molecule has 0 saturated carbocycles. The van der Waals surface area contributed by atoms with Crippen LogP contribution in [0.4, 0.5) is 5.69 Å². The van der Waals surface area contributed by atoms with Gasteiger partial charge in [-0.1, -0.05) is 28.1 Å². The Labute approximate surface area is 193 Å². The standard InChI is InChI=1S/C25H30BrN3O2/c1-16(2)29-23-10-17(3)19(11-22(23)18(4)13-25(29,5)6)14-27-28-24(30)15-31-21-9-7-8-20(26)12-21/h7-14,16H,15H2,1-6H3,(H,28,30)/b27-14-. The van der Waals surface area contributed by atoms with Gasteiger partial charge in [0.2, 0.25) is 0 Å². The normalized spacial score (nSPS) is 15.1. The molecule has 0 saturated heterocycles. The molecule has 3 rings (SSSR count). The van der Waals surface area contributed by atoms with Crippen molar-refractivity contribution in [3.05, 3.63) is 63.6 Å². The molecule has 1 aliphatic heterocycles. The van der Waals surface area contributed by atoms with Gasteiger partial charge in [-0.3, -0.25) is 4.79 Å². The first-order chi connectivity index (χ1) is 14.6. The molecule has 1 amide bonds. The Balaban J connectivity index is 1.72. The van der Waals surface area contributed by atoms with Gasteiger partial charge in [0.15, 0.2) is 6.61 Å². The number of carbonyl (C=O) groups is 1. The van der Waals surface area contributed by atoms with Crippen molar-refractivity contribution in [2.24, 2.45) is 5.10 Å². The first-order valence-electron chi connectivity index (χ1n) is 10.4. The summed E-state index contributed by atoms with van der Waals surface area (Å²) >= 11 is 3.38. The van der Waals surface area contributed by atoms with E-state index >= 15 is 0 Å². The summed E-state index contributed by atoms with van der Waals surface area (Å²) in [5.41, 5.74) is 8.27. The van der Waals surface area contributed by atoms with E-state index in [1.165, 1.54) is 16.8 Å². The van der Waals surface area contributed by atoms with Crippen LogP contribution in [0.1, 0.15) is 51.3 Å². The second-order valence-electron chi connectivity index (χ2n) is 8.71. The van der Waals surface area contributed by atoms with E-state index in [0.717, 1.165) is 15.6 Å². The molecule has 0 unspecified atom stereocenters. The zero-order valence-corrected chi connectivity index (χ0v) is 20.6. The number of fused-ring (bicyclic) bond motifs is 1. The minimum absolute atomic E-state index is 0.0460. The van der Waals surface area contributed by atoms with Crippen molar-refractivity contribution in [1.29, 1.82) is 0 Å². The lowest BCUT2D eigenvalue weighted by molar-refractivity contribution is -0.123. The molecule has 1 aliphatic rings. The molecule has 2 aromatic rings. The maximum absolute atomic E-state index is 12.1. The van der Waals surface area contributed by atoms with Gasteiger partial charge in [0.25, 0.3) is 5.91 Å². The molecule has 1 heterocycles. The molecule has 0 radical (unpaired) electrons. The molecule has 164 valence electrons. The van der Waals surface area contributed by atoms with Gasteiger partial charge in [0, 0.05) is 21.8 Å². The highest BCUT2D eigenvalue weighted by molar-refractivity contribution is 9.10. The number of carbonyl (C=O) groups excluding carboxylic acids is 1. The highest BCUT2D eigenvalue weighted by Gasteiger charge is 2.33. The van der Waals surface area contributed by atoms with Gasteiger partial charge >= 0.3 is 0 Å². The van der Waals surface area contributed by atoms with Crippen molar-refractivity contribution >= 4 is 39.3 Å². The highest BCUT2D eigenvalue weighted by Crippen LogP contribution is 2.41. The number of halogens is 1. The lowest BCUT2D eigenvalue weighted by Gasteiger charge is -2.46. The smallest absolute Gasteiger partial charge is 0.277 e. The molecule has 0 aromatic heterocycles.